The summed E-state index contributed by atoms with van der Waals surface area (Å²) in [5.41, 5.74) is 5.73. The van der Waals surface area contributed by atoms with Gasteiger partial charge in [-0.2, -0.15) is 9.97 Å². The molecule has 120 valence electrons. The molecular weight excluding hydrogens is 264 g/mol. The van der Waals surface area contributed by atoms with Gasteiger partial charge in [-0.15, -0.1) is 0 Å². The molecule has 0 aromatic carbocycles. The maximum absolute atomic E-state index is 5.73. The zero-order valence-electron chi connectivity index (χ0n) is 13.8. The third-order valence-corrected chi connectivity index (χ3v) is 3.42. The van der Waals surface area contributed by atoms with Crippen molar-refractivity contribution in [3.8, 4) is 0 Å². The number of unbranched alkanes of at least 4 members (excludes halogenated alkanes) is 1. The fourth-order valence-electron chi connectivity index (χ4n) is 1.86. The first-order valence-corrected chi connectivity index (χ1v) is 7.85. The highest BCUT2D eigenvalue weighted by Gasteiger charge is 2.03. The average Bonchev–Trinajstić information content (AvgIpc) is 2.43. The van der Waals surface area contributed by atoms with Gasteiger partial charge in [0.25, 0.3) is 0 Å². The van der Waals surface area contributed by atoms with Crippen LogP contribution in [0.25, 0.3) is 0 Å². The summed E-state index contributed by atoms with van der Waals surface area (Å²) in [5.74, 6) is 1.88. The van der Waals surface area contributed by atoms with Crippen LogP contribution in [0.5, 0.6) is 0 Å². The lowest BCUT2D eigenvalue weighted by molar-refractivity contribution is 0.269. The third kappa shape index (κ3) is 7.13. The summed E-state index contributed by atoms with van der Waals surface area (Å²) in [5, 5.41) is 6.54. The molecule has 0 atom stereocenters. The molecule has 0 radical (unpaired) electrons. The first-order chi connectivity index (χ1) is 10.0. The Morgan fingerprint density at radius 1 is 1.14 bits per heavy atom. The third-order valence-electron chi connectivity index (χ3n) is 3.42. The molecule has 1 heterocycles. The summed E-state index contributed by atoms with van der Waals surface area (Å²) in [6.45, 7) is 9.45. The van der Waals surface area contributed by atoms with Crippen molar-refractivity contribution >= 4 is 17.6 Å². The predicted molar refractivity (Wildman–Crippen MR) is 90.7 cm³/mol. The molecule has 0 bridgehead atoms. The molecule has 0 aliphatic heterocycles. The molecule has 0 saturated carbocycles. The Hall–Kier alpha value is -1.56. The van der Waals surface area contributed by atoms with E-state index in [1.165, 1.54) is 6.42 Å². The standard InChI is InChI=1S/C15H30N6/c1-5-8-17-13-11-14(20-15(16)19-13)18-9-6-7-10-21(4)12(2)3/h11-12H,5-10H2,1-4H3,(H4,16,17,18,19,20). The summed E-state index contributed by atoms with van der Waals surface area (Å²) >= 11 is 0. The number of aromatic nitrogens is 2. The van der Waals surface area contributed by atoms with Crippen LogP contribution in [0, 0.1) is 0 Å². The first-order valence-electron chi connectivity index (χ1n) is 7.85. The Bertz CT molecular complexity index is 407. The van der Waals surface area contributed by atoms with Gasteiger partial charge in [0.1, 0.15) is 11.6 Å². The van der Waals surface area contributed by atoms with Crippen molar-refractivity contribution in [1.29, 1.82) is 0 Å². The van der Waals surface area contributed by atoms with Crippen LogP contribution in [0.4, 0.5) is 17.6 Å². The normalized spacial score (nSPS) is 11.1. The number of hydrogen-bond donors (Lipinski definition) is 3. The summed E-state index contributed by atoms with van der Waals surface area (Å²) in [7, 11) is 2.16. The number of rotatable bonds is 10. The van der Waals surface area contributed by atoms with Gasteiger partial charge in [0.15, 0.2) is 0 Å². The molecule has 0 aliphatic carbocycles. The number of anilines is 3. The highest BCUT2D eigenvalue weighted by Crippen LogP contribution is 2.12. The van der Waals surface area contributed by atoms with Crippen LogP contribution in [0.3, 0.4) is 0 Å². The monoisotopic (exact) mass is 294 g/mol. The number of nitrogens with zero attached hydrogens (tertiary/aromatic N) is 3. The topological polar surface area (TPSA) is 79.1 Å². The fraction of sp³-hybridized carbons (Fsp3) is 0.733. The van der Waals surface area contributed by atoms with E-state index in [1.807, 2.05) is 6.07 Å². The molecule has 21 heavy (non-hydrogen) atoms. The van der Waals surface area contributed by atoms with Gasteiger partial charge in [-0.1, -0.05) is 6.92 Å². The maximum Gasteiger partial charge on any atom is 0.223 e. The number of nitrogens with one attached hydrogen (secondary N) is 2. The van der Waals surface area contributed by atoms with Gasteiger partial charge in [-0.25, -0.2) is 0 Å². The SMILES string of the molecule is CCCNc1cc(NCCCCN(C)C(C)C)nc(N)n1. The zero-order valence-corrected chi connectivity index (χ0v) is 13.8. The molecule has 0 aliphatic rings. The minimum absolute atomic E-state index is 0.304. The average molecular weight is 294 g/mol. The molecule has 6 heteroatoms. The van der Waals surface area contributed by atoms with E-state index in [-0.39, 0.29) is 0 Å². The molecule has 6 nitrogen and oxygen atoms in total. The second-order valence-corrected chi connectivity index (χ2v) is 5.63. The molecule has 4 N–H and O–H groups in total. The van der Waals surface area contributed by atoms with Crippen LogP contribution in [0.15, 0.2) is 6.07 Å². The summed E-state index contributed by atoms with van der Waals surface area (Å²) in [6, 6.07) is 2.51. The van der Waals surface area contributed by atoms with E-state index in [0.717, 1.165) is 44.1 Å². The van der Waals surface area contributed by atoms with E-state index in [0.29, 0.717) is 12.0 Å². The van der Waals surface area contributed by atoms with Gasteiger partial charge >= 0.3 is 0 Å². The Morgan fingerprint density at radius 2 is 1.76 bits per heavy atom. The Kier molecular flexibility index (Phi) is 7.82. The second kappa shape index (κ2) is 9.39. The van der Waals surface area contributed by atoms with E-state index in [2.05, 4.69) is 53.3 Å². The first kappa shape index (κ1) is 17.5. The van der Waals surface area contributed by atoms with Crippen LogP contribution in [0.1, 0.15) is 40.0 Å². The van der Waals surface area contributed by atoms with Crippen molar-refractivity contribution in [3.05, 3.63) is 6.07 Å². The second-order valence-electron chi connectivity index (χ2n) is 5.63. The Morgan fingerprint density at radius 3 is 2.33 bits per heavy atom. The molecule has 1 rings (SSSR count). The minimum Gasteiger partial charge on any atom is -0.370 e. The lowest BCUT2D eigenvalue weighted by Crippen LogP contribution is -2.27. The molecule has 1 aromatic heterocycles. The number of nitrogens with two attached hydrogens (primary N) is 1. The predicted octanol–water partition coefficient (Wildman–Crippen LogP) is 2.41. The van der Waals surface area contributed by atoms with E-state index in [9.17, 15) is 0 Å². The smallest absolute Gasteiger partial charge is 0.223 e. The maximum atomic E-state index is 5.73. The highest BCUT2D eigenvalue weighted by atomic mass is 15.1. The van der Waals surface area contributed by atoms with E-state index >= 15 is 0 Å². The molecular formula is C15H30N6. The van der Waals surface area contributed by atoms with E-state index in [4.69, 9.17) is 5.73 Å². The van der Waals surface area contributed by atoms with Gasteiger partial charge in [0, 0.05) is 25.2 Å². The van der Waals surface area contributed by atoms with Crippen molar-refractivity contribution in [3.63, 3.8) is 0 Å². The van der Waals surface area contributed by atoms with E-state index in [1.54, 1.807) is 0 Å². The number of hydrogen-bond acceptors (Lipinski definition) is 6. The van der Waals surface area contributed by atoms with Crippen LogP contribution < -0.4 is 16.4 Å². The van der Waals surface area contributed by atoms with Gasteiger partial charge in [0.2, 0.25) is 5.95 Å². The van der Waals surface area contributed by atoms with Crippen LogP contribution >= 0.6 is 0 Å². The van der Waals surface area contributed by atoms with Crippen molar-refractivity contribution in [2.24, 2.45) is 0 Å². The molecule has 0 unspecified atom stereocenters. The molecule has 0 saturated heterocycles. The van der Waals surface area contributed by atoms with Crippen molar-refractivity contribution in [2.75, 3.05) is 43.0 Å². The van der Waals surface area contributed by atoms with Crippen molar-refractivity contribution in [2.45, 2.75) is 46.1 Å². The molecule has 0 spiro atoms. The van der Waals surface area contributed by atoms with Crippen LogP contribution in [0.2, 0.25) is 0 Å². The Labute approximate surface area is 128 Å². The molecule has 1 aromatic rings. The van der Waals surface area contributed by atoms with Gasteiger partial charge in [-0.05, 0) is 46.7 Å². The van der Waals surface area contributed by atoms with Gasteiger partial charge in [0.05, 0.1) is 0 Å². The van der Waals surface area contributed by atoms with Crippen LogP contribution in [-0.4, -0.2) is 47.6 Å². The molecule has 0 fully saturated rings. The lowest BCUT2D eigenvalue weighted by atomic mass is 10.2. The fourth-order valence-corrected chi connectivity index (χ4v) is 1.86. The quantitative estimate of drug-likeness (QED) is 0.575. The molecule has 0 amide bonds. The minimum atomic E-state index is 0.304. The Balaban J connectivity index is 2.33. The number of nitrogen functional groups attached to an aromatic ring is 1. The van der Waals surface area contributed by atoms with Gasteiger partial charge < -0.3 is 21.3 Å². The summed E-state index contributed by atoms with van der Waals surface area (Å²) < 4.78 is 0. The zero-order chi connectivity index (χ0) is 15.7. The van der Waals surface area contributed by atoms with Gasteiger partial charge in [-0.3, -0.25) is 0 Å². The summed E-state index contributed by atoms with van der Waals surface area (Å²) in [4.78, 5) is 10.7. The van der Waals surface area contributed by atoms with Crippen molar-refractivity contribution in [1.82, 2.24) is 14.9 Å². The largest absolute Gasteiger partial charge is 0.370 e. The van der Waals surface area contributed by atoms with Crippen LogP contribution in [-0.2, 0) is 0 Å². The lowest BCUT2D eigenvalue weighted by Gasteiger charge is -2.20. The highest BCUT2D eigenvalue weighted by molar-refractivity contribution is 5.50. The van der Waals surface area contributed by atoms with E-state index < -0.39 is 0 Å². The van der Waals surface area contributed by atoms with Crippen molar-refractivity contribution < 1.29 is 0 Å². The summed E-state index contributed by atoms with van der Waals surface area (Å²) in [6.07, 6.45) is 3.33.